The summed E-state index contributed by atoms with van der Waals surface area (Å²) in [6.45, 7) is 2.02. The molecule has 0 spiro atoms. The Balaban J connectivity index is 1.32. The largest absolute Gasteiger partial charge is 0.378 e. The molecule has 4 aromatic rings. The summed E-state index contributed by atoms with van der Waals surface area (Å²) < 4.78 is 0. The molecule has 1 aliphatic carbocycles. The summed E-state index contributed by atoms with van der Waals surface area (Å²) in [6.07, 6.45) is 5.75. The highest BCUT2D eigenvalue weighted by Gasteiger charge is 2.38. The third-order valence-electron chi connectivity index (χ3n) is 7.07. The number of hydrogen-bond donors (Lipinski definition) is 2. The third kappa shape index (κ3) is 3.50. The Morgan fingerprint density at radius 3 is 2.67 bits per heavy atom. The van der Waals surface area contributed by atoms with Crippen LogP contribution in [-0.4, -0.2) is 5.91 Å². The monoisotopic (exact) mass is 430 g/mol. The maximum Gasteiger partial charge on any atom is 0.255 e. The number of carbonyl (C=O) groups excluding carboxylic acids is 1. The highest BCUT2D eigenvalue weighted by molar-refractivity contribution is 6.04. The van der Waals surface area contributed by atoms with Gasteiger partial charge in [-0.15, -0.1) is 0 Å². The van der Waals surface area contributed by atoms with E-state index in [0.29, 0.717) is 17.4 Å². The van der Waals surface area contributed by atoms with E-state index in [9.17, 15) is 4.79 Å². The first-order chi connectivity index (χ1) is 16.2. The molecule has 4 aromatic carbocycles. The molecule has 0 radical (unpaired) electrons. The zero-order chi connectivity index (χ0) is 22.4. The van der Waals surface area contributed by atoms with Crippen molar-refractivity contribution in [2.24, 2.45) is 5.92 Å². The first kappa shape index (κ1) is 19.8. The molecule has 3 heteroatoms. The molecular weight excluding hydrogens is 404 g/mol. The average molecular weight is 431 g/mol. The second kappa shape index (κ2) is 7.93. The fourth-order valence-corrected chi connectivity index (χ4v) is 5.43. The molecule has 0 aromatic heterocycles. The maximum absolute atomic E-state index is 12.7. The van der Waals surface area contributed by atoms with E-state index in [1.165, 1.54) is 27.6 Å². The molecule has 33 heavy (non-hydrogen) atoms. The molecule has 0 saturated heterocycles. The predicted molar refractivity (Wildman–Crippen MR) is 136 cm³/mol. The Hall–Kier alpha value is -3.85. The number of nitrogens with one attached hydrogen (secondary N) is 2. The van der Waals surface area contributed by atoms with Gasteiger partial charge in [0.05, 0.1) is 6.04 Å². The van der Waals surface area contributed by atoms with Gasteiger partial charge >= 0.3 is 0 Å². The maximum atomic E-state index is 12.7. The van der Waals surface area contributed by atoms with Crippen LogP contribution in [0.1, 0.15) is 45.4 Å². The lowest BCUT2D eigenvalue weighted by Gasteiger charge is -2.38. The minimum atomic E-state index is -0.0824. The standard InChI is InChI=1S/C30H26N2O/c1-19-12-14-21(15-13-19)30(33)31-23-8-4-7-22(18-23)29-26-11-5-10-25(26)28-24-9-3-2-6-20(24)16-17-27(28)32-29/h2-10,12-18,25-26,29,32H,11H2,1H3,(H,31,33)/t25-,26-,29+/m0/s1. The van der Waals surface area contributed by atoms with Crippen LogP contribution in [0.5, 0.6) is 0 Å². The smallest absolute Gasteiger partial charge is 0.255 e. The minimum absolute atomic E-state index is 0.0824. The normalized spacial score (nSPS) is 20.7. The second-order valence-electron chi connectivity index (χ2n) is 9.17. The van der Waals surface area contributed by atoms with Gasteiger partial charge in [-0.05, 0) is 71.5 Å². The zero-order valence-electron chi connectivity index (χ0n) is 18.6. The van der Waals surface area contributed by atoms with Crippen molar-refractivity contribution in [2.45, 2.75) is 25.3 Å². The van der Waals surface area contributed by atoms with Crippen molar-refractivity contribution >= 4 is 28.1 Å². The summed E-state index contributed by atoms with van der Waals surface area (Å²) in [4.78, 5) is 12.7. The summed E-state index contributed by atoms with van der Waals surface area (Å²) in [5.41, 5.74) is 6.46. The van der Waals surface area contributed by atoms with Gasteiger partial charge in [-0.3, -0.25) is 4.79 Å². The van der Waals surface area contributed by atoms with Gasteiger partial charge < -0.3 is 10.6 Å². The van der Waals surface area contributed by atoms with Crippen LogP contribution in [0.2, 0.25) is 0 Å². The first-order valence-corrected chi connectivity index (χ1v) is 11.6. The van der Waals surface area contributed by atoms with Gasteiger partial charge in [-0.25, -0.2) is 0 Å². The number of carbonyl (C=O) groups is 1. The van der Waals surface area contributed by atoms with E-state index in [1.807, 2.05) is 43.3 Å². The van der Waals surface area contributed by atoms with Crippen molar-refractivity contribution in [2.75, 3.05) is 10.6 Å². The molecule has 1 aliphatic heterocycles. The van der Waals surface area contributed by atoms with E-state index in [4.69, 9.17) is 0 Å². The lowest BCUT2D eigenvalue weighted by atomic mass is 9.75. The number of amides is 1. The van der Waals surface area contributed by atoms with Crippen LogP contribution in [0.25, 0.3) is 10.8 Å². The van der Waals surface area contributed by atoms with Gasteiger partial charge in [0, 0.05) is 22.9 Å². The van der Waals surface area contributed by atoms with Crippen LogP contribution in [0, 0.1) is 12.8 Å². The highest BCUT2D eigenvalue weighted by atomic mass is 16.1. The highest BCUT2D eigenvalue weighted by Crippen LogP contribution is 2.51. The fraction of sp³-hybridized carbons (Fsp3) is 0.167. The topological polar surface area (TPSA) is 41.1 Å². The van der Waals surface area contributed by atoms with E-state index in [2.05, 4.69) is 71.3 Å². The van der Waals surface area contributed by atoms with Crippen molar-refractivity contribution in [3.05, 3.63) is 119 Å². The number of benzene rings is 4. The van der Waals surface area contributed by atoms with Gasteiger partial charge in [0.2, 0.25) is 0 Å². The van der Waals surface area contributed by atoms with E-state index < -0.39 is 0 Å². The Bertz CT molecular complexity index is 1390. The number of fused-ring (bicyclic) bond motifs is 5. The van der Waals surface area contributed by atoms with Crippen LogP contribution >= 0.6 is 0 Å². The van der Waals surface area contributed by atoms with E-state index >= 15 is 0 Å². The first-order valence-electron chi connectivity index (χ1n) is 11.6. The van der Waals surface area contributed by atoms with Crippen LogP contribution in [0.15, 0.2) is 97.1 Å². The molecule has 0 fully saturated rings. The number of allylic oxidation sites excluding steroid dienone is 2. The Labute approximate surface area is 194 Å². The summed E-state index contributed by atoms with van der Waals surface area (Å²) in [6, 6.07) is 29.2. The third-order valence-corrected chi connectivity index (χ3v) is 7.07. The van der Waals surface area contributed by atoms with Crippen LogP contribution in [0.4, 0.5) is 11.4 Å². The van der Waals surface area contributed by atoms with E-state index in [-0.39, 0.29) is 11.9 Å². The molecule has 2 N–H and O–H groups in total. The molecular formula is C30H26N2O. The molecule has 0 bridgehead atoms. The summed E-state index contributed by atoms with van der Waals surface area (Å²) in [5, 5.41) is 9.54. The number of anilines is 2. The Kier molecular flexibility index (Phi) is 4.76. The molecule has 162 valence electrons. The lowest BCUT2D eigenvalue weighted by Crippen LogP contribution is -2.29. The quantitative estimate of drug-likeness (QED) is 0.337. The van der Waals surface area contributed by atoms with Crippen LogP contribution in [0.3, 0.4) is 0 Å². The Morgan fingerprint density at radius 1 is 0.939 bits per heavy atom. The summed E-state index contributed by atoms with van der Waals surface area (Å²) in [5.74, 6) is 0.760. The lowest BCUT2D eigenvalue weighted by molar-refractivity contribution is 0.102. The Morgan fingerprint density at radius 2 is 1.79 bits per heavy atom. The number of hydrogen-bond acceptors (Lipinski definition) is 2. The average Bonchev–Trinajstić information content (AvgIpc) is 3.34. The second-order valence-corrected chi connectivity index (χ2v) is 9.17. The molecule has 1 heterocycles. The van der Waals surface area contributed by atoms with E-state index in [1.54, 1.807) is 0 Å². The number of aryl methyl sites for hydroxylation is 1. The summed E-state index contributed by atoms with van der Waals surface area (Å²) >= 11 is 0. The van der Waals surface area contributed by atoms with Crippen molar-refractivity contribution in [1.29, 1.82) is 0 Å². The van der Waals surface area contributed by atoms with Gasteiger partial charge in [0.1, 0.15) is 0 Å². The molecule has 1 amide bonds. The zero-order valence-corrected chi connectivity index (χ0v) is 18.6. The van der Waals surface area contributed by atoms with Crippen LogP contribution in [-0.2, 0) is 0 Å². The minimum Gasteiger partial charge on any atom is -0.378 e. The van der Waals surface area contributed by atoms with Gasteiger partial charge in [0.15, 0.2) is 0 Å². The van der Waals surface area contributed by atoms with Crippen molar-refractivity contribution in [3.63, 3.8) is 0 Å². The van der Waals surface area contributed by atoms with Crippen molar-refractivity contribution in [1.82, 2.24) is 0 Å². The van der Waals surface area contributed by atoms with Crippen molar-refractivity contribution in [3.8, 4) is 0 Å². The molecule has 0 unspecified atom stereocenters. The molecule has 3 nitrogen and oxygen atoms in total. The van der Waals surface area contributed by atoms with Gasteiger partial charge in [-0.1, -0.05) is 72.3 Å². The number of rotatable bonds is 3. The van der Waals surface area contributed by atoms with Crippen LogP contribution < -0.4 is 10.6 Å². The fourth-order valence-electron chi connectivity index (χ4n) is 5.43. The predicted octanol–water partition coefficient (Wildman–Crippen LogP) is 7.23. The SMILES string of the molecule is Cc1ccc(C(=O)Nc2cccc([C@H]3Nc4ccc5ccccc5c4[C@H]4C=CC[C@@H]43)c2)cc1. The van der Waals surface area contributed by atoms with Gasteiger partial charge in [-0.2, -0.15) is 0 Å². The van der Waals surface area contributed by atoms with Gasteiger partial charge in [0.25, 0.3) is 5.91 Å². The molecule has 2 aliphatic rings. The van der Waals surface area contributed by atoms with E-state index in [0.717, 1.165) is 17.7 Å². The van der Waals surface area contributed by atoms with Crippen molar-refractivity contribution < 1.29 is 4.79 Å². The summed E-state index contributed by atoms with van der Waals surface area (Å²) in [7, 11) is 0. The molecule has 3 atom stereocenters. The molecule has 6 rings (SSSR count). The molecule has 0 saturated carbocycles.